The van der Waals surface area contributed by atoms with Gasteiger partial charge in [-0.25, -0.2) is 0 Å². The van der Waals surface area contributed by atoms with Gasteiger partial charge in [-0.1, -0.05) is 26.0 Å². The van der Waals surface area contributed by atoms with Gasteiger partial charge < -0.3 is 4.74 Å². The Morgan fingerprint density at radius 3 is 2.58 bits per heavy atom. The van der Waals surface area contributed by atoms with Gasteiger partial charge in [0.15, 0.2) is 5.78 Å². The molecule has 2 nitrogen and oxygen atoms in total. The van der Waals surface area contributed by atoms with Gasteiger partial charge in [-0.3, -0.25) is 4.79 Å². The molecule has 0 unspecified atom stereocenters. The predicted octanol–water partition coefficient (Wildman–Crippen LogP) is 4.68. The maximum Gasteiger partial charge on any atom is 0.196 e. The van der Waals surface area contributed by atoms with E-state index in [0.29, 0.717) is 19.4 Å². The van der Waals surface area contributed by atoms with Crippen LogP contribution in [0.1, 0.15) is 44.0 Å². The summed E-state index contributed by atoms with van der Waals surface area (Å²) in [6.45, 7) is 6.55. The van der Waals surface area contributed by atoms with Crippen LogP contribution in [0, 0.1) is 0 Å². The van der Waals surface area contributed by atoms with Crippen molar-refractivity contribution in [3.63, 3.8) is 0 Å². The highest BCUT2D eigenvalue weighted by atomic mass is 32.1. The molecule has 2 rings (SSSR count). The van der Waals surface area contributed by atoms with Crippen molar-refractivity contribution in [2.75, 3.05) is 6.61 Å². The number of hydrogen-bond donors (Lipinski definition) is 0. The highest BCUT2D eigenvalue weighted by Gasteiger charge is 2.36. The van der Waals surface area contributed by atoms with Crippen molar-refractivity contribution in [1.29, 1.82) is 0 Å². The number of ether oxygens (including phenoxy) is 1. The summed E-state index contributed by atoms with van der Waals surface area (Å²) < 4.78 is 6.89. The first-order chi connectivity index (χ1) is 9.18. The van der Waals surface area contributed by atoms with Crippen molar-refractivity contribution in [1.82, 2.24) is 0 Å². The van der Waals surface area contributed by atoms with Crippen LogP contribution < -0.4 is 0 Å². The minimum Gasteiger partial charge on any atom is -0.367 e. The molecule has 19 heavy (non-hydrogen) atoms. The van der Waals surface area contributed by atoms with Gasteiger partial charge in [0.1, 0.15) is 5.60 Å². The zero-order valence-corrected chi connectivity index (χ0v) is 12.5. The van der Waals surface area contributed by atoms with Crippen LogP contribution in [0.15, 0.2) is 29.6 Å². The maximum atomic E-state index is 12.9. The number of hydrogen-bond acceptors (Lipinski definition) is 3. The van der Waals surface area contributed by atoms with Gasteiger partial charge >= 0.3 is 0 Å². The van der Waals surface area contributed by atoms with E-state index in [2.05, 4.69) is 6.07 Å². The zero-order valence-electron chi connectivity index (χ0n) is 11.7. The number of thiophene rings is 1. The van der Waals surface area contributed by atoms with Crippen LogP contribution >= 0.6 is 11.3 Å². The Morgan fingerprint density at radius 1 is 1.21 bits per heavy atom. The van der Waals surface area contributed by atoms with Gasteiger partial charge in [0.05, 0.1) is 0 Å². The van der Waals surface area contributed by atoms with E-state index in [-0.39, 0.29) is 5.78 Å². The van der Waals surface area contributed by atoms with Gasteiger partial charge in [-0.15, -0.1) is 11.3 Å². The molecule has 0 N–H and O–H groups in total. The van der Waals surface area contributed by atoms with Crippen LogP contribution in [0.2, 0.25) is 0 Å². The third kappa shape index (κ3) is 2.45. The average molecular weight is 276 g/mol. The summed E-state index contributed by atoms with van der Waals surface area (Å²) in [5.74, 6) is 0.118. The topological polar surface area (TPSA) is 26.3 Å². The van der Waals surface area contributed by atoms with Crippen molar-refractivity contribution in [2.45, 2.75) is 39.2 Å². The second-order valence-corrected chi connectivity index (χ2v) is 5.52. The molecule has 0 aliphatic heterocycles. The van der Waals surface area contributed by atoms with E-state index in [0.717, 1.165) is 15.6 Å². The fourth-order valence-electron chi connectivity index (χ4n) is 2.53. The Bertz CT molecular complexity index is 567. The molecule has 0 amide bonds. The molecule has 1 aromatic heterocycles. The van der Waals surface area contributed by atoms with Crippen LogP contribution in [0.5, 0.6) is 0 Å². The van der Waals surface area contributed by atoms with Gasteiger partial charge in [0.2, 0.25) is 0 Å². The number of rotatable bonds is 6. The van der Waals surface area contributed by atoms with Crippen molar-refractivity contribution in [3.8, 4) is 0 Å². The second-order valence-electron chi connectivity index (χ2n) is 4.61. The first kappa shape index (κ1) is 14.2. The molecule has 0 aliphatic carbocycles. The molecule has 1 aromatic carbocycles. The molecule has 102 valence electrons. The first-order valence-electron chi connectivity index (χ1n) is 6.83. The number of fused-ring (bicyclic) bond motifs is 1. The largest absolute Gasteiger partial charge is 0.367 e. The molecule has 0 saturated carbocycles. The summed E-state index contributed by atoms with van der Waals surface area (Å²) in [6, 6.07) is 7.96. The Morgan fingerprint density at radius 2 is 1.95 bits per heavy atom. The summed E-state index contributed by atoms with van der Waals surface area (Å²) >= 11 is 1.62. The van der Waals surface area contributed by atoms with Crippen LogP contribution in [-0.2, 0) is 4.74 Å². The molecule has 0 saturated heterocycles. The maximum absolute atomic E-state index is 12.9. The monoisotopic (exact) mass is 276 g/mol. The number of carbonyl (C=O) groups excluding carboxylic acids is 1. The van der Waals surface area contributed by atoms with Crippen LogP contribution in [0.3, 0.4) is 0 Å². The van der Waals surface area contributed by atoms with Crippen molar-refractivity contribution >= 4 is 27.2 Å². The smallest absolute Gasteiger partial charge is 0.196 e. The van der Waals surface area contributed by atoms with E-state index in [1.54, 1.807) is 11.3 Å². The summed E-state index contributed by atoms with van der Waals surface area (Å²) in [6.07, 6.45) is 1.41. The molecule has 3 heteroatoms. The molecule has 0 radical (unpaired) electrons. The Hall–Kier alpha value is -1.19. The van der Waals surface area contributed by atoms with E-state index in [1.807, 2.05) is 44.4 Å². The number of Topliss-reactive ketones (excluding diaryl/α,β-unsaturated/α-hetero) is 1. The lowest BCUT2D eigenvalue weighted by atomic mass is 9.87. The minimum atomic E-state index is -0.674. The lowest BCUT2D eigenvalue weighted by Gasteiger charge is -2.30. The van der Waals surface area contributed by atoms with Crippen molar-refractivity contribution in [2.24, 2.45) is 0 Å². The number of carbonyl (C=O) groups is 1. The van der Waals surface area contributed by atoms with E-state index in [1.165, 1.54) is 0 Å². The van der Waals surface area contributed by atoms with Crippen molar-refractivity contribution < 1.29 is 9.53 Å². The molecular weight excluding hydrogens is 256 g/mol. The summed E-state index contributed by atoms with van der Waals surface area (Å²) in [5, 5.41) is 3.16. The molecule has 2 aromatic rings. The van der Waals surface area contributed by atoms with Crippen molar-refractivity contribution in [3.05, 3.63) is 35.2 Å². The van der Waals surface area contributed by atoms with Gasteiger partial charge in [-0.2, -0.15) is 0 Å². The Balaban J connectivity index is 2.50. The number of ketones is 1. The van der Waals surface area contributed by atoms with E-state index in [4.69, 9.17) is 4.74 Å². The second kappa shape index (κ2) is 5.85. The zero-order chi connectivity index (χ0) is 13.9. The van der Waals surface area contributed by atoms with Gasteiger partial charge in [0, 0.05) is 16.9 Å². The molecule has 1 heterocycles. The van der Waals surface area contributed by atoms with Gasteiger partial charge in [-0.05, 0) is 42.7 Å². The third-order valence-electron chi connectivity index (χ3n) is 3.70. The lowest BCUT2D eigenvalue weighted by molar-refractivity contribution is -0.0249. The van der Waals surface area contributed by atoms with E-state index >= 15 is 0 Å². The molecule has 0 atom stereocenters. The highest BCUT2D eigenvalue weighted by Crippen LogP contribution is 2.31. The third-order valence-corrected chi connectivity index (χ3v) is 4.66. The van der Waals surface area contributed by atoms with E-state index in [9.17, 15) is 4.79 Å². The summed E-state index contributed by atoms with van der Waals surface area (Å²) in [7, 11) is 0. The quantitative estimate of drug-likeness (QED) is 0.716. The first-order valence-corrected chi connectivity index (χ1v) is 7.71. The molecule has 0 bridgehead atoms. The summed E-state index contributed by atoms with van der Waals surface area (Å²) in [5.41, 5.74) is 0.122. The van der Waals surface area contributed by atoms with Gasteiger partial charge in [0.25, 0.3) is 0 Å². The Kier molecular flexibility index (Phi) is 4.38. The fraction of sp³-hybridized carbons (Fsp3) is 0.438. The standard InChI is InChI=1S/C16H20O2S/c1-4-16(5-2,18-6-3)15(17)13-9-7-8-12-10-11-19-14(12)13/h7-11H,4-6H2,1-3H3. The van der Waals surface area contributed by atoms with E-state index < -0.39 is 5.60 Å². The fourth-order valence-corrected chi connectivity index (χ4v) is 3.44. The van der Waals surface area contributed by atoms with Crippen LogP contribution in [0.25, 0.3) is 10.1 Å². The minimum absolute atomic E-state index is 0.118. The van der Waals surface area contributed by atoms with Crippen LogP contribution in [0.4, 0.5) is 0 Å². The van der Waals surface area contributed by atoms with Crippen LogP contribution in [-0.4, -0.2) is 18.0 Å². The molecular formula is C16H20O2S. The predicted molar refractivity (Wildman–Crippen MR) is 81.1 cm³/mol. The normalized spacial score (nSPS) is 11.9. The average Bonchev–Trinajstić information content (AvgIpc) is 2.92. The molecule has 0 spiro atoms. The summed E-state index contributed by atoms with van der Waals surface area (Å²) in [4.78, 5) is 12.9. The Labute approximate surface area is 118 Å². The SMILES string of the molecule is CCOC(CC)(CC)C(=O)c1cccc2ccsc12. The molecule has 0 fully saturated rings. The molecule has 0 aliphatic rings. The number of benzene rings is 1. The highest BCUT2D eigenvalue weighted by molar-refractivity contribution is 7.17. The lowest BCUT2D eigenvalue weighted by Crippen LogP contribution is -2.40.